The van der Waals surface area contributed by atoms with Crippen LogP contribution in [0.2, 0.25) is 0 Å². The molecule has 0 bridgehead atoms. The van der Waals surface area contributed by atoms with E-state index in [1.54, 1.807) is 0 Å². The molecule has 0 saturated carbocycles. The summed E-state index contributed by atoms with van der Waals surface area (Å²) in [6.45, 7) is 0. The van der Waals surface area contributed by atoms with E-state index in [0.717, 1.165) is 11.4 Å². The monoisotopic (exact) mass is 245 g/mol. The Labute approximate surface area is 105 Å². The minimum atomic E-state index is 0.554. The van der Waals surface area contributed by atoms with Crippen molar-refractivity contribution < 1.29 is 0 Å². The van der Waals surface area contributed by atoms with Crippen molar-refractivity contribution in [3.8, 4) is 0 Å². The van der Waals surface area contributed by atoms with Gasteiger partial charge in [-0.25, -0.2) is 0 Å². The molecule has 1 aromatic heterocycles. The quantitative estimate of drug-likeness (QED) is 0.884. The standard InChI is InChI=1S/C13H15N3S/c14-13-16-15-12(17-13)8-9-5-6-10-3-1-2-4-11(10)7-9/h5-7H,1-4,8H2,(H2,14,16). The molecule has 0 spiro atoms. The number of nitrogen functional groups attached to an aromatic ring is 1. The SMILES string of the molecule is Nc1nnc(Cc2ccc3c(c2)CCCC3)s1. The highest BCUT2D eigenvalue weighted by atomic mass is 32.1. The Morgan fingerprint density at radius 3 is 2.71 bits per heavy atom. The van der Waals surface area contributed by atoms with Gasteiger partial charge in [-0.05, 0) is 42.4 Å². The van der Waals surface area contributed by atoms with Gasteiger partial charge in [-0.2, -0.15) is 0 Å². The average molecular weight is 245 g/mol. The molecule has 1 aromatic carbocycles. The van der Waals surface area contributed by atoms with E-state index < -0.39 is 0 Å². The summed E-state index contributed by atoms with van der Waals surface area (Å²) < 4.78 is 0. The molecule has 88 valence electrons. The van der Waals surface area contributed by atoms with Crippen LogP contribution in [0.15, 0.2) is 18.2 Å². The highest BCUT2D eigenvalue weighted by Crippen LogP contribution is 2.24. The molecule has 1 aliphatic carbocycles. The van der Waals surface area contributed by atoms with E-state index in [2.05, 4.69) is 28.4 Å². The van der Waals surface area contributed by atoms with Crippen LogP contribution in [-0.2, 0) is 19.3 Å². The van der Waals surface area contributed by atoms with Gasteiger partial charge < -0.3 is 5.73 Å². The molecule has 3 nitrogen and oxygen atoms in total. The van der Waals surface area contributed by atoms with E-state index in [1.165, 1.54) is 53.7 Å². The zero-order chi connectivity index (χ0) is 11.7. The van der Waals surface area contributed by atoms with Crippen molar-refractivity contribution in [3.63, 3.8) is 0 Å². The number of anilines is 1. The Morgan fingerprint density at radius 1 is 1.12 bits per heavy atom. The summed E-state index contributed by atoms with van der Waals surface area (Å²) in [7, 11) is 0. The minimum absolute atomic E-state index is 0.554. The second-order valence-corrected chi connectivity index (χ2v) is 5.61. The first-order chi connectivity index (χ1) is 8.31. The van der Waals surface area contributed by atoms with Crippen molar-refractivity contribution in [2.24, 2.45) is 0 Å². The number of nitrogens with two attached hydrogens (primary N) is 1. The summed E-state index contributed by atoms with van der Waals surface area (Å²) in [5.74, 6) is 0. The van der Waals surface area contributed by atoms with E-state index in [1.807, 2.05) is 0 Å². The topological polar surface area (TPSA) is 51.8 Å². The number of nitrogens with zero attached hydrogens (tertiary/aromatic N) is 2. The van der Waals surface area contributed by atoms with Gasteiger partial charge in [-0.15, -0.1) is 10.2 Å². The maximum atomic E-state index is 5.59. The van der Waals surface area contributed by atoms with Gasteiger partial charge in [0, 0.05) is 6.42 Å². The van der Waals surface area contributed by atoms with Gasteiger partial charge in [0.2, 0.25) is 5.13 Å². The Balaban J connectivity index is 1.84. The lowest BCUT2D eigenvalue weighted by Gasteiger charge is -2.16. The molecule has 17 heavy (non-hydrogen) atoms. The van der Waals surface area contributed by atoms with Crippen LogP contribution >= 0.6 is 11.3 Å². The number of fused-ring (bicyclic) bond motifs is 1. The number of hydrogen-bond acceptors (Lipinski definition) is 4. The third kappa shape index (κ3) is 2.31. The molecule has 0 fully saturated rings. The molecule has 1 heterocycles. The van der Waals surface area contributed by atoms with Crippen molar-refractivity contribution in [1.29, 1.82) is 0 Å². The van der Waals surface area contributed by atoms with Crippen LogP contribution in [0.1, 0.15) is 34.5 Å². The molecule has 0 saturated heterocycles. The Hall–Kier alpha value is -1.42. The zero-order valence-corrected chi connectivity index (χ0v) is 10.5. The van der Waals surface area contributed by atoms with Crippen molar-refractivity contribution in [2.45, 2.75) is 32.1 Å². The molecular formula is C13H15N3S. The second kappa shape index (κ2) is 4.45. The van der Waals surface area contributed by atoms with E-state index in [4.69, 9.17) is 5.73 Å². The number of rotatable bonds is 2. The summed E-state index contributed by atoms with van der Waals surface area (Å²) in [4.78, 5) is 0. The van der Waals surface area contributed by atoms with Crippen LogP contribution in [-0.4, -0.2) is 10.2 Å². The fraction of sp³-hybridized carbons (Fsp3) is 0.385. The predicted molar refractivity (Wildman–Crippen MR) is 70.2 cm³/mol. The molecule has 1 aliphatic rings. The van der Waals surface area contributed by atoms with Gasteiger partial charge in [0.25, 0.3) is 0 Å². The van der Waals surface area contributed by atoms with Gasteiger partial charge in [0.15, 0.2) is 0 Å². The highest BCUT2D eigenvalue weighted by Gasteiger charge is 2.10. The lowest BCUT2D eigenvalue weighted by atomic mass is 9.90. The summed E-state index contributed by atoms with van der Waals surface area (Å²) in [6, 6.07) is 6.81. The first-order valence-electron chi connectivity index (χ1n) is 6.00. The molecule has 2 N–H and O–H groups in total. The Morgan fingerprint density at radius 2 is 1.94 bits per heavy atom. The van der Waals surface area contributed by atoms with Gasteiger partial charge in [-0.3, -0.25) is 0 Å². The molecule has 0 amide bonds. The summed E-state index contributed by atoms with van der Waals surface area (Å²) in [5, 5.41) is 9.47. The molecule has 3 rings (SSSR count). The first kappa shape index (κ1) is 10.7. The van der Waals surface area contributed by atoms with E-state index >= 15 is 0 Å². The van der Waals surface area contributed by atoms with Crippen LogP contribution in [0.4, 0.5) is 5.13 Å². The smallest absolute Gasteiger partial charge is 0.203 e. The Bertz CT molecular complexity index is 533. The van der Waals surface area contributed by atoms with Crippen molar-refractivity contribution >= 4 is 16.5 Å². The van der Waals surface area contributed by atoms with Gasteiger partial charge >= 0.3 is 0 Å². The largest absolute Gasteiger partial charge is 0.374 e. The molecule has 0 atom stereocenters. The van der Waals surface area contributed by atoms with Crippen LogP contribution in [0, 0.1) is 0 Å². The normalized spacial score (nSPS) is 14.6. The van der Waals surface area contributed by atoms with Crippen LogP contribution in [0.25, 0.3) is 0 Å². The predicted octanol–water partition coefficient (Wildman–Crippen LogP) is 2.59. The molecule has 2 aromatic rings. The molecule has 0 radical (unpaired) electrons. The van der Waals surface area contributed by atoms with Gasteiger partial charge in [-0.1, -0.05) is 29.5 Å². The zero-order valence-electron chi connectivity index (χ0n) is 9.65. The lowest BCUT2D eigenvalue weighted by molar-refractivity contribution is 0.684. The summed E-state index contributed by atoms with van der Waals surface area (Å²) in [5.41, 5.74) is 9.95. The number of benzene rings is 1. The summed E-state index contributed by atoms with van der Waals surface area (Å²) >= 11 is 1.48. The number of aromatic nitrogens is 2. The van der Waals surface area contributed by atoms with Gasteiger partial charge in [0.1, 0.15) is 5.01 Å². The first-order valence-corrected chi connectivity index (χ1v) is 6.81. The third-order valence-electron chi connectivity index (χ3n) is 3.25. The van der Waals surface area contributed by atoms with Crippen LogP contribution in [0.3, 0.4) is 0 Å². The van der Waals surface area contributed by atoms with Crippen molar-refractivity contribution in [3.05, 3.63) is 39.9 Å². The van der Waals surface area contributed by atoms with Crippen LogP contribution < -0.4 is 5.73 Å². The maximum absolute atomic E-state index is 5.59. The van der Waals surface area contributed by atoms with E-state index in [9.17, 15) is 0 Å². The minimum Gasteiger partial charge on any atom is -0.374 e. The number of hydrogen-bond donors (Lipinski definition) is 1. The molecular weight excluding hydrogens is 230 g/mol. The lowest BCUT2D eigenvalue weighted by Crippen LogP contribution is -2.03. The van der Waals surface area contributed by atoms with Crippen molar-refractivity contribution in [2.75, 3.05) is 5.73 Å². The fourth-order valence-electron chi connectivity index (χ4n) is 2.41. The molecule has 0 aliphatic heterocycles. The molecule has 0 unspecified atom stereocenters. The van der Waals surface area contributed by atoms with Gasteiger partial charge in [0.05, 0.1) is 0 Å². The maximum Gasteiger partial charge on any atom is 0.203 e. The average Bonchev–Trinajstić information content (AvgIpc) is 2.75. The fourth-order valence-corrected chi connectivity index (χ4v) is 3.05. The number of aryl methyl sites for hydroxylation is 2. The van der Waals surface area contributed by atoms with Crippen molar-refractivity contribution in [1.82, 2.24) is 10.2 Å². The van der Waals surface area contributed by atoms with E-state index in [0.29, 0.717) is 5.13 Å². The van der Waals surface area contributed by atoms with E-state index in [-0.39, 0.29) is 0 Å². The summed E-state index contributed by atoms with van der Waals surface area (Å²) in [6.07, 6.45) is 5.96. The second-order valence-electron chi connectivity index (χ2n) is 4.52. The van der Waals surface area contributed by atoms with Crippen LogP contribution in [0.5, 0.6) is 0 Å². The Kier molecular flexibility index (Phi) is 2.81. The third-order valence-corrected chi connectivity index (χ3v) is 4.00. The highest BCUT2D eigenvalue weighted by molar-refractivity contribution is 7.15. The molecule has 4 heteroatoms.